The Morgan fingerprint density at radius 1 is 0.263 bits per heavy atom. The first-order valence-electron chi connectivity index (χ1n) is 19.3. The molecule has 9 aromatic carbocycles. The van der Waals surface area contributed by atoms with Crippen molar-refractivity contribution in [2.75, 3.05) is 4.90 Å². The third-order valence-electron chi connectivity index (χ3n) is 11.1. The first kappa shape index (κ1) is 32.8. The molecule has 57 heavy (non-hydrogen) atoms. The molecule has 0 amide bonds. The summed E-state index contributed by atoms with van der Waals surface area (Å²) in [7, 11) is 0. The molecule has 0 aliphatic carbocycles. The first-order chi connectivity index (χ1) is 28.3. The normalized spacial score (nSPS) is 11.5. The highest BCUT2D eigenvalue weighted by atomic mass is 16.3. The van der Waals surface area contributed by atoms with Gasteiger partial charge in [-0.15, -0.1) is 0 Å². The third kappa shape index (κ3) is 5.68. The van der Waals surface area contributed by atoms with Gasteiger partial charge >= 0.3 is 0 Å². The smallest absolute Gasteiger partial charge is 0.143 e. The highest BCUT2D eigenvalue weighted by Crippen LogP contribution is 2.45. The van der Waals surface area contributed by atoms with Crippen LogP contribution in [0.4, 0.5) is 17.1 Å². The molecule has 0 spiro atoms. The van der Waals surface area contributed by atoms with Gasteiger partial charge in [0.1, 0.15) is 22.3 Å². The summed E-state index contributed by atoms with van der Waals surface area (Å²) in [6.45, 7) is 0. The van der Waals surface area contributed by atoms with Gasteiger partial charge in [0.25, 0.3) is 0 Å². The Balaban J connectivity index is 1.13. The predicted molar refractivity (Wildman–Crippen MR) is 237 cm³/mol. The van der Waals surface area contributed by atoms with Crippen LogP contribution in [-0.2, 0) is 0 Å². The first-order valence-corrected chi connectivity index (χ1v) is 19.3. The largest absolute Gasteiger partial charge is 0.455 e. The lowest BCUT2D eigenvalue weighted by molar-refractivity contribution is 0.669. The molecule has 3 heteroatoms. The Morgan fingerprint density at radius 3 is 1.44 bits per heavy atom. The van der Waals surface area contributed by atoms with Crippen LogP contribution in [0.3, 0.4) is 0 Å². The zero-order valence-corrected chi connectivity index (χ0v) is 31.0. The van der Waals surface area contributed by atoms with Crippen LogP contribution in [0.1, 0.15) is 0 Å². The van der Waals surface area contributed by atoms with Gasteiger partial charge in [-0.25, -0.2) is 0 Å². The molecule has 11 aromatic rings. The van der Waals surface area contributed by atoms with E-state index in [1.54, 1.807) is 0 Å². The van der Waals surface area contributed by atoms with E-state index in [-0.39, 0.29) is 0 Å². The fraction of sp³-hybridized carbons (Fsp3) is 0. The average Bonchev–Trinajstić information content (AvgIpc) is 3.86. The van der Waals surface area contributed by atoms with Crippen LogP contribution < -0.4 is 4.90 Å². The van der Waals surface area contributed by atoms with E-state index >= 15 is 0 Å². The van der Waals surface area contributed by atoms with Crippen molar-refractivity contribution in [2.45, 2.75) is 0 Å². The second-order valence-corrected chi connectivity index (χ2v) is 14.5. The molecule has 0 saturated carbocycles. The summed E-state index contributed by atoms with van der Waals surface area (Å²) in [4.78, 5) is 2.36. The maximum atomic E-state index is 6.65. The van der Waals surface area contributed by atoms with Crippen molar-refractivity contribution < 1.29 is 8.83 Å². The van der Waals surface area contributed by atoms with Gasteiger partial charge < -0.3 is 13.7 Å². The number of benzene rings is 9. The summed E-state index contributed by atoms with van der Waals surface area (Å²) in [5.41, 5.74) is 15.6. The second kappa shape index (κ2) is 13.6. The van der Waals surface area contributed by atoms with Crippen LogP contribution in [0.5, 0.6) is 0 Å². The van der Waals surface area contributed by atoms with Crippen LogP contribution >= 0.6 is 0 Å². The lowest BCUT2D eigenvalue weighted by Gasteiger charge is -2.27. The summed E-state index contributed by atoms with van der Waals surface area (Å²) in [6.07, 6.45) is 0. The topological polar surface area (TPSA) is 29.5 Å². The Hall–Kier alpha value is -7.62. The fourth-order valence-electron chi connectivity index (χ4n) is 8.39. The highest BCUT2D eigenvalue weighted by Gasteiger charge is 2.21. The molecular weight excluding hydrogens is 695 g/mol. The number of hydrogen-bond acceptors (Lipinski definition) is 3. The van der Waals surface area contributed by atoms with Gasteiger partial charge in [-0.3, -0.25) is 0 Å². The molecular formula is C54H35NO2. The molecule has 0 saturated heterocycles. The van der Waals surface area contributed by atoms with Gasteiger partial charge in [-0.2, -0.15) is 0 Å². The molecule has 0 atom stereocenters. The van der Waals surface area contributed by atoms with E-state index < -0.39 is 0 Å². The zero-order valence-electron chi connectivity index (χ0n) is 31.0. The number of rotatable bonds is 7. The van der Waals surface area contributed by atoms with Crippen molar-refractivity contribution in [3.63, 3.8) is 0 Å². The van der Waals surface area contributed by atoms with E-state index in [0.29, 0.717) is 0 Å². The molecule has 0 aliphatic heterocycles. The van der Waals surface area contributed by atoms with E-state index in [1.807, 2.05) is 24.3 Å². The maximum absolute atomic E-state index is 6.65. The molecule has 0 aliphatic rings. The van der Waals surface area contributed by atoms with Gasteiger partial charge in [0, 0.05) is 49.7 Å². The SMILES string of the molecule is c1ccc(-c2ccc(N(c3cccc(-c4cccc5c4oc4ccccc45)c3)c3ccc(-c4ccccc4)c(-c4cccc5c4oc4ccccc45)c3)cc2)cc1. The van der Waals surface area contributed by atoms with Crippen LogP contribution in [-0.4, -0.2) is 0 Å². The number of fused-ring (bicyclic) bond motifs is 6. The van der Waals surface area contributed by atoms with Crippen LogP contribution in [0.15, 0.2) is 221 Å². The number of hydrogen-bond donors (Lipinski definition) is 0. The minimum absolute atomic E-state index is 0.882. The molecule has 3 nitrogen and oxygen atoms in total. The summed E-state index contributed by atoms with van der Waals surface area (Å²) < 4.78 is 13.2. The van der Waals surface area contributed by atoms with Gasteiger partial charge in [-0.1, -0.05) is 164 Å². The van der Waals surface area contributed by atoms with E-state index in [2.05, 4.69) is 193 Å². The van der Waals surface area contributed by atoms with Gasteiger partial charge in [0.15, 0.2) is 0 Å². The van der Waals surface area contributed by atoms with Crippen molar-refractivity contribution in [1.82, 2.24) is 0 Å². The quantitative estimate of drug-likeness (QED) is 0.164. The number of nitrogens with zero attached hydrogens (tertiary/aromatic N) is 1. The molecule has 11 rings (SSSR count). The monoisotopic (exact) mass is 729 g/mol. The summed E-state index contributed by atoms with van der Waals surface area (Å²) in [6, 6.07) is 75.1. The van der Waals surface area contributed by atoms with E-state index in [4.69, 9.17) is 8.83 Å². The molecule has 268 valence electrons. The molecule has 0 bridgehead atoms. The third-order valence-corrected chi connectivity index (χ3v) is 11.1. The molecule has 0 unspecified atom stereocenters. The van der Waals surface area contributed by atoms with Crippen molar-refractivity contribution in [3.05, 3.63) is 212 Å². The van der Waals surface area contributed by atoms with Crippen molar-refractivity contribution >= 4 is 60.9 Å². The Kier molecular flexibility index (Phi) is 7.82. The lowest BCUT2D eigenvalue weighted by Crippen LogP contribution is -2.10. The molecule has 2 aromatic heterocycles. The van der Waals surface area contributed by atoms with E-state index in [0.717, 1.165) is 94.3 Å². The standard InChI is InChI=1S/C54H35NO2/c1-3-14-36(15-4-1)37-28-30-40(31-29-37)55(41-19-11-18-39(34-41)44-22-12-23-47-45-20-7-9-26-51(45)56-53(44)47)42-32-33-43(38-16-5-2-6-17-38)50(35-42)49-25-13-24-48-46-21-8-10-27-52(46)57-54(48)49/h1-35H. The number of para-hydroxylation sites is 4. The summed E-state index contributed by atoms with van der Waals surface area (Å²) in [5.74, 6) is 0. The molecule has 0 radical (unpaired) electrons. The summed E-state index contributed by atoms with van der Waals surface area (Å²) >= 11 is 0. The maximum Gasteiger partial charge on any atom is 0.143 e. The van der Waals surface area contributed by atoms with Crippen LogP contribution in [0.25, 0.3) is 88.4 Å². The van der Waals surface area contributed by atoms with Crippen molar-refractivity contribution in [1.29, 1.82) is 0 Å². The molecule has 0 N–H and O–H groups in total. The lowest BCUT2D eigenvalue weighted by atomic mass is 9.92. The van der Waals surface area contributed by atoms with Gasteiger partial charge in [0.05, 0.1) is 0 Å². The highest BCUT2D eigenvalue weighted by molar-refractivity contribution is 6.11. The Morgan fingerprint density at radius 2 is 0.754 bits per heavy atom. The van der Waals surface area contributed by atoms with E-state index in [1.165, 1.54) is 11.1 Å². The predicted octanol–water partition coefficient (Wildman–Crippen LogP) is 15.6. The van der Waals surface area contributed by atoms with E-state index in [9.17, 15) is 0 Å². The van der Waals surface area contributed by atoms with Gasteiger partial charge in [0.2, 0.25) is 0 Å². The number of furan rings is 2. The fourth-order valence-corrected chi connectivity index (χ4v) is 8.39. The van der Waals surface area contributed by atoms with Gasteiger partial charge in [-0.05, 0) is 81.9 Å². The summed E-state index contributed by atoms with van der Waals surface area (Å²) in [5, 5.41) is 4.45. The van der Waals surface area contributed by atoms with Crippen LogP contribution in [0.2, 0.25) is 0 Å². The minimum Gasteiger partial charge on any atom is -0.455 e. The number of anilines is 3. The van der Waals surface area contributed by atoms with Crippen LogP contribution in [0, 0.1) is 0 Å². The minimum atomic E-state index is 0.882. The molecule has 2 heterocycles. The second-order valence-electron chi connectivity index (χ2n) is 14.5. The van der Waals surface area contributed by atoms with Crippen molar-refractivity contribution in [2.24, 2.45) is 0 Å². The zero-order chi connectivity index (χ0) is 37.7. The molecule has 0 fully saturated rings. The Bertz CT molecular complexity index is 3230. The average molecular weight is 730 g/mol. The van der Waals surface area contributed by atoms with Crippen molar-refractivity contribution in [3.8, 4) is 44.5 Å². The Labute approximate surface area is 330 Å².